The summed E-state index contributed by atoms with van der Waals surface area (Å²) in [5, 5.41) is 11.3. The van der Waals surface area contributed by atoms with Gasteiger partial charge in [0.05, 0.1) is 28.0 Å². The van der Waals surface area contributed by atoms with Gasteiger partial charge >= 0.3 is 14.2 Å². The second kappa shape index (κ2) is 6.21. The molecule has 0 spiro atoms. The third-order valence-corrected chi connectivity index (χ3v) is 8.05. The van der Waals surface area contributed by atoms with Gasteiger partial charge in [-0.3, -0.25) is 0 Å². The highest BCUT2D eigenvalue weighted by Crippen LogP contribution is 2.58. The summed E-state index contributed by atoms with van der Waals surface area (Å²) in [7, 11) is -0.737. The third kappa shape index (κ3) is 3.42. The SMILES string of the molecule is CC(C)C1(O)C[C@H](B2OC(C)(C)C(C)(C)O2)[C@H](B2OC(C)(C)C(C)(C)O2)C1. The van der Waals surface area contributed by atoms with Crippen LogP contribution in [-0.4, -0.2) is 47.3 Å². The predicted molar refractivity (Wildman–Crippen MR) is 109 cm³/mol. The van der Waals surface area contributed by atoms with E-state index >= 15 is 0 Å². The van der Waals surface area contributed by atoms with Crippen molar-refractivity contribution in [1.82, 2.24) is 0 Å². The van der Waals surface area contributed by atoms with Gasteiger partial charge in [0.15, 0.2) is 0 Å². The minimum Gasteiger partial charge on any atom is -0.403 e. The Hall–Kier alpha value is -0.0701. The summed E-state index contributed by atoms with van der Waals surface area (Å²) < 4.78 is 25.5. The molecule has 1 saturated carbocycles. The third-order valence-electron chi connectivity index (χ3n) is 8.05. The number of rotatable bonds is 3. The highest BCUT2D eigenvalue weighted by molar-refractivity contribution is 6.55. The van der Waals surface area contributed by atoms with Gasteiger partial charge in [-0.25, -0.2) is 0 Å². The number of hydrogen-bond donors (Lipinski definition) is 1. The molecule has 154 valence electrons. The van der Waals surface area contributed by atoms with Crippen molar-refractivity contribution in [3.63, 3.8) is 0 Å². The van der Waals surface area contributed by atoms with E-state index in [0.717, 1.165) is 0 Å². The van der Waals surface area contributed by atoms with Gasteiger partial charge in [-0.15, -0.1) is 0 Å². The van der Waals surface area contributed by atoms with E-state index in [1.54, 1.807) is 0 Å². The monoisotopic (exact) mass is 380 g/mol. The van der Waals surface area contributed by atoms with Crippen LogP contribution in [-0.2, 0) is 18.6 Å². The summed E-state index contributed by atoms with van der Waals surface area (Å²) in [6, 6.07) is 0. The van der Waals surface area contributed by atoms with E-state index in [1.165, 1.54) is 0 Å². The fourth-order valence-electron chi connectivity index (χ4n) is 4.40. The lowest BCUT2D eigenvalue weighted by atomic mass is 9.54. The van der Waals surface area contributed by atoms with Crippen LogP contribution in [0.25, 0.3) is 0 Å². The smallest absolute Gasteiger partial charge is 0.403 e. The molecule has 3 aliphatic rings. The molecule has 2 heterocycles. The van der Waals surface area contributed by atoms with Gasteiger partial charge in [-0.05, 0) is 85.8 Å². The van der Waals surface area contributed by atoms with Gasteiger partial charge in [0.25, 0.3) is 0 Å². The van der Waals surface area contributed by atoms with Crippen LogP contribution in [0.3, 0.4) is 0 Å². The molecule has 0 amide bonds. The molecule has 3 atom stereocenters. The van der Waals surface area contributed by atoms with Crippen LogP contribution < -0.4 is 0 Å². The van der Waals surface area contributed by atoms with E-state index in [9.17, 15) is 5.11 Å². The molecule has 2 saturated heterocycles. The minimum atomic E-state index is -0.761. The van der Waals surface area contributed by atoms with Crippen molar-refractivity contribution in [2.24, 2.45) is 5.92 Å². The molecule has 1 N–H and O–H groups in total. The van der Waals surface area contributed by atoms with Gasteiger partial charge in [-0.1, -0.05) is 13.8 Å². The molecule has 2 aliphatic heterocycles. The van der Waals surface area contributed by atoms with E-state index in [4.69, 9.17) is 18.6 Å². The molecule has 0 bridgehead atoms. The average molecular weight is 380 g/mol. The molecule has 0 aromatic rings. The Kier molecular flexibility index (Phi) is 4.98. The second-order valence-corrected chi connectivity index (χ2v) is 11.2. The van der Waals surface area contributed by atoms with Gasteiger partial charge in [0.2, 0.25) is 0 Å². The maximum absolute atomic E-state index is 11.3. The maximum Gasteiger partial charge on any atom is 0.461 e. The zero-order valence-corrected chi connectivity index (χ0v) is 18.9. The Morgan fingerprint density at radius 1 is 0.667 bits per heavy atom. The zero-order valence-electron chi connectivity index (χ0n) is 18.9. The Morgan fingerprint density at radius 2 is 0.926 bits per heavy atom. The minimum absolute atomic E-state index is 0.0214. The number of aliphatic hydroxyl groups is 1. The van der Waals surface area contributed by atoms with Crippen molar-refractivity contribution in [3.8, 4) is 0 Å². The molecular weight excluding hydrogens is 342 g/mol. The fourth-order valence-corrected chi connectivity index (χ4v) is 4.40. The molecule has 3 rings (SSSR count). The standard InChI is InChI=1S/C20H38B2O5/c1-13(2)20(23)11-14(21-24-16(3,4)17(5,6)25-21)15(12-20)22-26-18(7,8)19(9,10)27-22/h13-15,23H,11-12H2,1-10H3/t14-,15+,20?. The van der Waals surface area contributed by atoms with Crippen molar-refractivity contribution in [2.45, 2.75) is 122 Å². The van der Waals surface area contributed by atoms with Crippen LogP contribution in [0.4, 0.5) is 0 Å². The van der Waals surface area contributed by atoms with Gasteiger partial charge in [0, 0.05) is 0 Å². The first-order chi connectivity index (χ1) is 12.0. The summed E-state index contributed by atoms with van der Waals surface area (Å²) in [6.45, 7) is 20.7. The van der Waals surface area contributed by atoms with E-state index in [1.807, 2.05) is 0 Å². The summed E-state index contributed by atoms with van der Waals surface area (Å²) >= 11 is 0. The molecule has 7 heteroatoms. The normalized spacial score (nSPS) is 39.6. The van der Waals surface area contributed by atoms with Crippen LogP contribution in [0.15, 0.2) is 0 Å². The molecule has 1 unspecified atom stereocenters. The van der Waals surface area contributed by atoms with Crippen LogP contribution in [0.2, 0.25) is 11.6 Å². The van der Waals surface area contributed by atoms with Crippen molar-refractivity contribution >= 4 is 14.2 Å². The van der Waals surface area contributed by atoms with Gasteiger partial charge < -0.3 is 23.7 Å². The first-order valence-electron chi connectivity index (χ1n) is 10.4. The van der Waals surface area contributed by atoms with Crippen molar-refractivity contribution in [1.29, 1.82) is 0 Å². The van der Waals surface area contributed by atoms with Crippen molar-refractivity contribution < 1.29 is 23.7 Å². The largest absolute Gasteiger partial charge is 0.461 e. The van der Waals surface area contributed by atoms with Crippen LogP contribution in [0.5, 0.6) is 0 Å². The lowest BCUT2D eigenvalue weighted by Crippen LogP contribution is -2.41. The van der Waals surface area contributed by atoms with Crippen molar-refractivity contribution in [2.75, 3.05) is 0 Å². The average Bonchev–Trinajstić information content (AvgIpc) is 3.00. The molecule has 1 aliphatic carbocycles. The first kappa shape index (κ1) is 21.6. The van der Waals surface area contributed by atoms with E-state index < -0.39 is 28.0 Å². The second-order valence-electron chi connectivity index (χ2n) is 11.2. The Bertz CT molecular complexity index is 511. The summed E-state index contributed by atoms with van der Waals surface area (Å²) in [6.07, 6.45) is 1.27. The van der Waals surface area contributed by atoms with Crippen LogP contribution in [0.1, 0.15) is 82.1 Å². The quantitative estimate of drug-likeness (QED) is 0.748. The van der Waals surface area contributed by atoms with E-state index in [2.05, 4.69) is 69.2 Å². The lowest BCUT2D eigenvalue weighted by Gasteiger charge is -2.32. The molecule has 5 nitrogen and oxygen atoms in total. The summed E-state index contributed by atoms with van der Waals surface area (Å²) in [5.74, 6) is 0.191. The maximum atomic E-state index is 11.3. The molecular formula is C20H38B2O5. The zero-order chi connectivity index (χ0) is 20.6. The first-order valence-corrected chi connectivity index (χ1v) is 10.4. The van der Waals surface area contributed by atoms with Crippen molar-refractivity contribution in [3.05, 3.63) is 0 Å². The molecule has 0 aromatic carbocycles. The Balaban J connectivity index is 1.89. The Morgan fingerprint density at radius 3 is 1.15 bits per heavy atom. The van der Waals surface area contributed by atoms with E-state index in [-0.39, 0.29) is 31.8 Å². The summed E-state index contributed by atoms with van der Waals surface area (Å²) in [4.78, 5) is 0. The molecule has 3 fully saturated rings. The predicted octanol–water partition coefficient (Wildman–Crippen LogP) is 4.09. The van der Waals surface area contributed by atoms with Gasteiger partial charge in [-0.2, -0.15) is 0 Å². The van der Waals surface area contributed by atoms with E-state index in [0.29, 0.717) is 12.8 Å². The summed E-state index contributed by atoms with van der Waals surface area (Å²) in [5.41, 5.74) is -2.33. The molecule has 0 aromatic heterocycles. The molecule has 0 radical (unpaired) electrons. The molecule has 27 heavy (non-hydrogen) atoms. The fraction of sp³-hybridized carbons (Fsp3) is 1.00. The Labute approximate surface area is 166 Å². The van der Waals surface area contributed by atoms with Crippen LogP contribution in [0, 0.1) is 5.92 Å². The lowest BCUT2D eigenvalue weighted by molar-refractivity contribution is 0.000602. The topological polar surface area (TPSA) is 57.2 Å². The number of hydrogen-bond acceptors (Lipinski definition) is 5. The highest BCUT2D eigenvalue weighted by Gasteiger charge is 2.65. The van der Waals surface area contributed by atoms with Crippen LogP contribution >= 0.6 is 0 Å². The van der Waals surface area contributed by atoms with Gasteiger partial charge in [0.1, 0.15) is 0 Å². The highest BCUT2D eigenvalue weighted by atomic mass is 16.7.